The van der Waals surface area contributed by atoms with E-state index in [0.717, 1.165) is 21.6 Å². The summed E-state index contributed by atoms with van der Waals surface area (Å²) in [6.45, 7) is 0. The number of carbonyl (C=O) groups is 1. The van der Waals surface area contributed by atoms with E-state index >= 15 is 0 Å². The van der Waals surface area contributed by atoms with E-state index in [4.69, 9.17) is 9.40 Å². The van der Waals surface area contributed by atoms with Crippen LogP contribution < -0.4 is 5.32 Å². The molecule has 7 nitrogen and oxygen atoms in total. The molecule has 31 heavy (non-hydrogen) atoms. The third-order valence-electron chi connectivity index (χ3n) is 4.60. The molecule has 1 N–H and O–H groups in total. The average molecular weight is 425 g/mol. The lowest BCUT2D eigenvalue weighted by atomic mass is 10.0. The zero-order valence-electron chi connectivity index (χ0n) is 16.1. The van der Waals surface area contributed by atoms with Gasteiger partial charge in [-0.05, 0) is 53.6 Å². The van der Waals surface area contributed by atoms with Gasteiger partial charge in [0.1, 0.15) is 5.69 Å². The van der Waals surface area contributed by atoms with Crippen molar-refractivity contribution in [1.82, 2.24) is 19.9 Å². The summed E-state index contributed by atoms with van der Waals surface area (Å²) in [6, 6.07) is 12.8. The topological polar surface area (TPSA) is 93.8 Å². The Morgan fingerprint density at radius 1 is 0.806 bits per heavy atom. The minimum atomic E-state index is -0.252. The molecule has 0 atom stereocenters. The molecule has 0 saturated carbocycles. The fraction of sp³-hybridized carbons (Fsp3) is 0. The van der Waals surface area contributed by atoms with Crippen LogP contribution in [0.5, 0.6) is 0 Å². The minimum Gasteiger partial charge on any atom is -0.462 e. The van der Waals surface area contributed by atoms with Gasteiger partial charge in [-0.1, -0.05) is 11.3 Å². The van der Waals surface area contributed by atoms with Gasteiger partial charge >= 0.3 is 0 Å². The molecule has 150 valence electrons. The van der Waals surface area contributed by atoms with Gasteiger partial charge in [0.05, 0.1) is 11.1 Å². The van der Waals surface area contributed by atoms with Crippen LogP contribution >= 0.6 is 11.3 Å². The Kier molecular flexibility index (Phi) is 5.04. The number of aromatic nitrogens is 4. The highest BCUT2D eigenvalue weighted by Crippen LogP contribution is 2.42. The van der Waals surface area contributed by atoms with Crippen molar-refractivity contribution in [3.63, 3.8) is 0 Å². The van der Waals surface area contributed by atoms with E-state index < -0.39 is 0 Å². The van der Waals surface area contributed by atoms with E-state index in [1.165, 1.54) is 11.3 Å². The van der Waals surface area contributed by atoms with Crippen LogP contribution in [0.2, 0.25) is 0 Å². The fourth-order valence-corrected chi connectivity index (χ4v) is 4.11. The number of anilines is 1. The maximum Gasteiger partial charge on any atom is 0.257 e. The molecular weight excluding hydrogens is 410 g/mol. The van der Waals surface area contributed by atoms with Crippen LogP contribution in [0.4, 0.5) is 5.13 Å². The van der Waals surface area contributed by atoms with E-state index in [1.807, 2.05) is 30.3 Å². The summed E-state index contributed by atoms with van der Waals surface area (Å²) >= 11 is 1.38. The zero-order valence-corrected chi connectivity index (χ0v) is 16.9. The van der Waals surface area contributed by atoms with Crippen molar-refractivity contribution in [1.29, 1.82) is 0 Å². The molecule has 0 spiro atoms. The number of carbonyl (C=O) groups excluding carboxylic acids is 1. The maximum atomic E-state index is 12.6. The van der Waals surface area contributed by atoms with Crippen molar-refractivity contribution < 1.29 is 9.21 Å². The lowest BCUT2D eigenvalue weighted by molar-refractivity contribution is 0.102. The Morgan fingerprint density at radius 2 is 1.42 bits per heavy atom. The number of pyridine rings is 3. The molecular formula is C23H15N5O2S. The first-order valence-corrected chi connectivity index (χ1v) is 10.2. The van der Waals surface area contributed by atoms with Gasteiger partial charge < -0.3 is 4.42 Å². The minimum absolute atomic E-state index is 0.252. The first-order valence-electron chi connectivity index (χ1n) is 9.40. The number of rotatable bonds is 5. The maximum absolute atomic E-state index is 12.6. The van der Waals surface area contributed by atoms with Gasteiger partial charge in [0, 0.05) is 48.3 Å². The first-order chi connectivity index (χ1) is 15.3. The van der Waals surface area contributed by atoms with Crippen molar-refractivity contribution in [3.8, 4) is 33.0 Å². The number of nitrogens with one attached hydrogen (secondary N) is 1. The molecule has 0 aromatic carbocycles. The predicted molar refractivity (Wildman–Crippen MR) is 118 cm³/mol. The van der Waals surface area contributed by atoms with E-state index in [0.29, 0.717) is 22.1 Å². The monoisotopic (exact) mass is 425 g/mol. The van der Waals surface area contributed by atoms with Crippen LogP contribution in [0.1, 0.15) is 10.4 Å². The second kappa shape index (κ2) is 8.29. The van der Waals surface area contributed by atoms with E-state index in [-0.39, 0.29) is 5.91 Å². The number of furan rings is 1. The largest absolute Gasteiger partial charge is 0.462 e. The summed E-state index contributed by atoms with van der Waals surface area (Å²) in [7, 11) is 0. The third-order valence-corrected chi connectivity index (χ3v) is 5.62. The molecule has 0 radical (unpaired) electrons. The predicted octanol–water partition coefficient (Wildman–Crippen LogP) is 5.17. The second-order valence-corrected chi connectivity index (χ2v) is 7.52. The highest BCUT2D eigenvalue weighted by atomic mass is 32.1. The number of nitrogens with zero attached hydrogens (tertiary/aromatic N) is 4. The van der Waals surface area contributed by atoms with Gasteiger partial charge in [0.2, 0.25) is 0 Å². The molecule has 0 aliphatic rings. The van der Waals surface area contributed by atoms with Crippen molar-refractivity contribution >= 4 is 22.4 Å². The zero-order chi connectivity index (χ0) is 21.0. The second-order valence-electron chi connectivity index (χ2n) is 6.52. The molecule has 5 heterocycles. The summed E-state index contributed by atoms with van der Waals surface area (Å²) in [5.74, 6) is 0.372. The molecule has 1 amide bonds. The van der Waals surface area contributed by atoms with Crippen molar-refractivity contribution in [3.05, 3.63) is 91.5 Å². The highest BCUT2D eigenvalue weighted by molar-refractivity contribution is 7.19. The summed E-state index contributed by atoms with van der Waals surface area (Å²) in [5.41, 5.74) is 3.96. The van der Waals surface area contributed by atoms with Crippen LogP contribution in [-0.4, -0.2) is 25.8 Å². The Hall–Kier alpha value is -4.17. The van der Waals surface area contributed by atoms with E-state index in [1.54, 1.807) is 55.6 Å². The molecule has 0 unspecified atom stereocenters. The average Bonchev–Trinajstić information content (AvgIpc) is 3.48. The molecule has 5 aromatic rings. The number of hydrogen-bond donors (Lipinski definition) is 1. The van der Waals surface area contributed by atoms with Crippen molar-refractivity contribution in [2.24, 2.45) is 0 Å². The molecule has 0 aliphatic carbocycles. The smallest absolute Gasteiger partial charge is 0.257 e. The van der Waals surface area contributed by atoms with Crippen LogP contribution in [0.3, 0.4) is 0 Å². The molecule has 0 aliphatic heterocycles. The van der Waals surface area contributed by atoms with Gasteiger partial charge in [-0.2, -0.15) is 0 Å². The van der Waals surface area contributed by atoms with Gasteiger partial charge in [-0.25, -0.2) is 4.98 Å². The van der Waals surface area contributed by atoms with Gasteiger partial charge in [-0.3, -0.25) is 25.1 Å². The highest BCUT2D eigenvalue weighted by Gasteiger charge is 2.22. The standard InChI is InChI=1S/C23H15N5O2S/c29-22(17-5-12-26-13-6-17)28-23-27-19(21(31-23)16-3-10-25-11-4-16)20-18(7-14-30-20)15-1-8-24-9-2-15/h1-14H,(H,27,28,29). The van der Waals surface area contributed by atoms with Crippen molar-refractivity contribution in [2.45, 2.75) is 0 Å². The van der Waals surface area contributed by atoms with Crippen molar-refractivity contribution in [2.75, 3.05) is 5.32 Å². The molecule has 5 rings (SSSR count). The van der Waals surface area contributed by atoms with Gasteiger partial charge in [-0.15, -0.1) is 0 Å². The Bertz CT molecular complexity index is 1320. The summed E-state index contributed by atoms with van der Waals surface area (Å²) < 4.78 is 5.86. The molecule has 8 heteroatoms. The van der Waals surface area contributed by atoms with Crippen LogP contribution in [0.15, 0.2) is 90.3 Å². The lowest BCUT2D eigenvalue weighted by Crippen LogP contribution is -2.11. The van der Waals surface area contributed by atoms with E-state index in [2.05, 4.69) is 20.3 Å². The summed E-state index contributed by atoms with van der Waals surface area (Å²) in [5, 5.41) is 3.36. The van der Waals surface area contributed by atoms with Gasteiger partial charge in [0.15, 0.2) is 10.9 Å². The number of amides is 1. The SMILES string of the molecule is O=C(Nc1nc(-c2occc2-c2ccncc2)c(-c2ccncc2)s1)c1ccncc1. The first kappa shape index (κ1) is 18.8. The number of thiazole rings is 1. The summed E-state index contributed by atoms with van der Waals surface area (Å²) in [4.78, 5) is 30.4. The number of hydrogen-bond acceptors (Lipinski definition) is 7. The Balaban J connectivity index is 1.59. The quantitative estimate of drug-likeness (QED) is 0.417. The Labute approximate surface area is 181 Å². The van der Waals surface area contributed by atoms with Gasteiger partial charge in [0.25, 0.3) is 5.91 Å². The molecule has 5 aromatic heterocycles. The van der Waals surface area contributed by atoms with Crippen LogP contribution in [-0.2, 0) is 0 Å². The van der Waals surface area contributed by atoms with Crippen LogP contribution in [0, 0.1) is 0 Å². The van der Waals surface area contributed by atoms with E-state index in [9.17, 15) is 4.79 Å². The molecule has 0 saturated heterocycles. The fourth-order valence-electron chi connectivity index (χ4n) is 3.15. The van der Waals surface area contributed by atoms with Crippen LogP contribution in [0.25, 0.3) is 33.0 Å². The summed E-state index contributed by atoms with van der Waals surface area (Å²) in [6.07, 6.45) is 11.7. The molecule has 0 bridgehead atoms. The lowest BCUT2D eigenvalue weighted by Gasteiger charge is -2.03. The third kappa shape index (κ3) is 3.84. The normalized spacial score (nSPS) is 10.7. The molecule has 0 fully saturated rings. The Morgan fingerprint density at radius 3 is 2.10 bits per heavy atom.